The number of phenolic OH excluding ortho intramolecular Hbond substituents is 2. The van der Waals surface area contributed by atoms with Crippen LogP contribution in [-0.2, 0) is 9.59 Å². The number of hydrogen-bond donors (Lipinski definition) is 2. The van der Waals surface area contributed by atoms with Gasteiger partial charge in [0.1, 0.15) is 11.5 Å². The van der Waals surface area contributed by atoms with Gasteiger partial charge in [-0.05, 0) is 60.4 Å². The Morgan fingerprint density at radius 3 is 1.82 bits per heavy atom. The second kappa shape index (κ2) is 7.35. The fourth-order valence-electron chi connectivity index (χ4n) is 3.42. The van der Waals surface area contributed by atoms with Crippen LogP contribution in [0.1, 0.15) is 24.0 Å². The van der Waals surface area contributed by atoms with Crippen LogP contribution < -0.4 is 0 Å². The van der Waals surface area contributed by atoms with E-state index in [1.165, 1.54) is 0 Å². The van der Waals surface area contributed by atoms with Gasteiger partial charge in [-0.25, -0.2) is 0 Å². The molecular weight excluding hydrogens is 354 g/mol. The van der Waals surface area contributed by atoms with Crippen molar-refractivity contribution in [2.75, 3.05) is 13.1 Å². The molecule has 1 aliphatic carbocycles. The average Bonchev–Trinajstić information content (AvgIpc) is 3.49. The topological polar surface area (TPSA) is 77.8 Å². The highest BCUT2D eigenvalue weighted by Crippen LogP contribution is 2.33. The third-order valence-corrected chi connectivity index (χ3v) is 4.97. The molecule has 142 valence electrons. The summed E-state index contributed by atoms with van der Waals surface area (Å²) in [5.41, 5.74) is 2.44. The minimum atomic E-state index is -0.119. The van der Waals surface area contributed by atoms with Crippen molar-refractivity contribution in [3.63, 3.8) is 0 Å². The highest BCUT2D eigenvalue weighted by molar-refractivity contribution is 6.15. The number of aromatic hydroxyl groups is 2. The van der Waals surface area contributed by atoms with Crippen molar-refractivity contribution < 1.29 is 19.8 Å². The largest absolute Gasteiger partial charge is 0.508 e. The fourth-order valence-corrected chi connectivity index (χ4v) is 3.42. The number of phenols is 2. The Morgan fingerprint density at radius 1 is 0.893 bits per heavy atom. The molecule has 1 amide bonds. The van der Waals surface area contributed by atoms with Gasteiger partial charge in [0.05, 0.1) is 0 Å². The second-order valence-corrected chi connectivity index (χ2v) is 7.33. The molecule has 2 fully saturated rings. The van der Waals surface area contributed by atoms with Crippen molar-refractivity contribution in [1.82, 2.24) is 4.90 Å². The van der Waals surface area contributed by atoms with Gasteiger partial charge in [-0.1, -0.05) is 24.3 Å². The third kappa shape index (κ3) is 3.98. The lowest BCUT2D eigenvalue weighted by atomic mass is 9.94. The Bertz CT molecular complexity index is 934. The molecule has 5 nitrogen and oxygen atoms in total. The lowest BCUT2D eigenvalue weighted by Crippen LogP contribution is -2.42. The summed E-state index contributed by atoms with van der Waals surface area (Å²) in [6.45, 7) is 0.530. The smallest absolute Gasteiger partial charge is 0.226 e. The molecule has 1 aliphatic heterocycles. The lowest BCUT2D eigenvalue weighted by molar-refractivity contribution is -0.132. The number of rotatable bonds is 3. The molecule has 28 heavy (non-hydrogen) atoms. The van der Waals surface area contributed by atoms with Crippen molar-refractivity contribution in [3.8, 4) is 11.5 Å². The summed E-state index contributed by atoms with van der Waals surface area (Å²) in [5.74, 6) is 0.276. The first kappa shape index (κ1) is 18.0. The monoisotopic (exact) mass is 375 g/mol. The van der Waals surface area contributed by atoms with E-state index in [-0.39, 0.29) is 42.2 Å². The number of amides is 1. The van der Waals surface area contributed by atoms with Gasteiger partial charge in [0.15, 0.2) is 5.78 Å². The number of piperidine rings is 1. The van der Waals surface area contributed by atoms with Crippen LogP contribution in [0, 0.1) is 5.92 Å². The van der Waals surface area contributed by atoms with Crippen LogP contribution in [0.15, 0.2) is 59.7 Å². The predicted octanol–water partition coefficient (Wildman–Crippen LogP) is 3.39. The number of likely N-dealkylation sites (tertiary alicyclic amines) is 1. The second-order valence-electron chi connectivity index (χ2n) is 7.33. The maximum atomic E-state index is 13.1. The fraction of sp³-hybridized carbons (Fsp3) is 0.217. The zero-order valence-electron chi connectivity index (χ0n) is 15.3. The first-order chi connectivity index (χ1) is 13.5. The number of hydrogen-bond acceptors (Lipinski definition) is 4. The van der Waals surface area contributed by atoms with E-state index in [1.54, 1.807) is 65.6 Å². The minimum Gasteiger partial charge on any atom is -0.508 e. The molecule has 1 heterocycles. The number of benzene rings is 2. The van der Waals surface area contributed by atoms with Crippen LogP contribution in [0.25, 0.3) is 12.2 Å². The molecule has 5 heteroatoms. The van der Waals surface area contributed by atoms with E-state index in [4.69, 9.17) is 0 Å². The Balaban J connectivity index is 1.71. The van der Waals surface area contributed by atoms with Gasteiger partial charge >= 0.3 is 0 Å². The molecule has 0 atom stereocenters. The highest BCUT2D eigenvalue weighted by atomic mass is 16.3. The minimum absolute atomic E-state index is 0.0669. The first-order valence-electron chi connectivity index (χ1n) is 9.32. The van der Waals surface area contributed by atoms with Gasteiger partial charge in [-0.3, -0.25) is 9.59 Å². The van der Waals surface area contributed by atoms with Gasteiger partial charge in [0.2, 0.25) is 5.91 Å². The maximum Gasteiger partial charge on any atom is 0.226 e. The quantitative estimate of drug-likeness (QED) is 0.806. The number of nitrogens with zero attached hydrogens (tertiary/aromatic N) is 1. The number of ketones is 1. The lowest BCUT2D eigenvalue weighted by Gasteiger charge is -2.30. The van der Waals surface area contributed by atoms with Gasteiger partial charge in [-0.15, -0.1) is 0 Å². The van der Waals surface area contributed by atoms with Crippen molar-refractivity contribution >= 4 is 23.8 Å². The molecule has 1 saturated heterocycles. The Morgan fingerprint density at radius 2 is 1.39 bits per heavy atom. The highest BCUT2D eigenvalue weighted by Gasteiger charge is 2.37. The van der Waals surface area contributed by atoms with E-state index in [1.807, 2.05) is 0 Å². The summed E-state index contributed by atoms with van der Waals surface area (Å²) in [5, 5.41) is 19.4. The third-order valence-electron chi connectivity index (χ3n) is 4.97. The van der Waals surface area contributed by atoms with Gasteiger partial charge < -0.3 is 15.1 Å². The van der Waals surface area contributed by atoms with Crippen LogP contribution in [0.3, 0.4) is 0 Å². The van der Waals surface area contributed by atoms with E-state index in [9.17, 15) is 19.8 Å². The Labute approximate surface area is 163 Å². The van der Waals surface area contributed by atoms with E-state index in [0.29, 0.717) is 22.3 Å². The van der Waals surface area contributed by atoms with E-state index >= 15 is 0 Å². The molecule has 4 rings (SSSR count). The molecule has 2 aromatic carbocycles. The van der Waals surface area contributed by atoms with Crippen molar-refractivity contribution in [1.29, 1.82) is 0 Å². The molecule has 2 aliphatic rings. The van der Waals surface area contributed by atoms with E-state index in [0.717, 1.165) is 12.8 Å². The van der Waals surface area contributed by atoms with Crippen LogP contribution in [0.4, 0.5) is 0 Å². The molecule has 0 bridgehead atoms. The van der Waals surface area contributed by atoms with Crippen LogP contribution in [0.2, 0.25) is 0 Å². The first-order valence-corrected chi connectivity index (χ1v) is 9.32. The molecular formula is C23H21NO4. The van der Waals surface area contributed by atoms with Crippen molar-refractivity contribution in [2.45, 2.75) is 12.8 Å². The summed E-state index contributed by atoms with van der Waals surface area (Å²) >= 11 is 0. The summed E-state index contributed by atoms with van der Waals surface area (Å²) < 4.78 is 0. The van der Waals surface area contributed by atoms with E-state index < -0.39 is 0 Å². The summed E-state index contributed by atoms with van der Waals surface area (Å²) in [6, 6.07) is 13.3. The Kier molecular flexibility index (Phi) is 4.74. The van der Waals surface area contributed by atoms with Crippen LogP contribution in [-0.4, -0.2) is 39.9 Å². The van der Waals surface area contributed by atoms with Crippen LogP contribution >= 0.6 is 0 Å². The van der Waals surface area contributed by atoms with Crippen molar-refractivity contribution in [2.24, 2.45) is 5.92 Å². The van der Waals surface area contributed by atoms with Gasteiger partial charge in [-0.2, -0.15) is 0 Å². The standard InChI is InChI=1S/C23H21NO4/c25-20-5-1-3-15(11-20)9-18-13-24(23(28)17-7-8-17)14-19(22(18)27)10-16-4-2-6-21(26)12-16/h1-6,9-12,17,25-26H,7-8,13-14H2/b18-9+,19-10+. The average molecular weight is 375 g/mol. The molecule has 0 unspecified atom stereocenters. The number of carbonyl (C=O) groups is 2. The Hall–Kier alpha value is -3.34. The summed E-state index contributed by atoms with van der Waals surface area (Å²) in [6.07, 6.45) is 5.26. The number of Topliss-reactive ketones (excluding diaryl/α,β-unsaturated/α-hetero) is 1. The normalized spacial score (nSPS) is 20.0. The summed E-state index contributed by atoms with van der Waals surface area (Å²) in [7, 11) is 0. The SMILES string of the molecule is O=C1/C(=C/c2cccc(O)c2)CN(C(=O)C2CC2)C/C1=C\c1cccc(O)c1. The van der Waals surface area contributed by atoms with Crippen LogP contribution in [0.5, 0.6) is 11.5 Å². The molecule has 2 N–H and O–H groups in total. The molecule has 0 spiro atoms. The molecule has 0 radical (unpaired) electrons. The van der Waals surface area contributed by atoms with Gasteiger partial charge in [0.25, 0.3) is 0 Å². The molecule has 0 aromatic heterocycles. The zero-order valence-corrected chi connectivity index (χ0v) is 15.3. The van der Waals surface area contributed by atoms with Gasteiger partial charge in [0, 0.05) is 30.2 Å². The maximum absolute atomic E-state index is 13.1. The zero-order chi connectivity index (χ0) is 19.7. The molecule has 2 aromatic rings. The summed E-state index contributed by atoms with van der Waals surface area (Å²) in [4.78, 5) is 27.4. The molecule has 1 saturated carbocycles. The predicted molar refractivity (Wildman–Crippen MR) is 106 cm³/mol. The number of carbonyl (C=O) groups excluding carboxylic acids is 2. The van der Waals surface area contributed by atoms with E-state index in [2.05, 4.69) is 0 Å². The van der Waals surface area contributed by atoms with Crippen molar-refractivity contribution in [3.05, 3.63) is 70.8 Å².